The average molecular weight is 1690 g/mol. The highest BCUT2D eigenvalue weighted by Crippen LogP contribution is 2.61. The van der Waals surface area contributed by atoms with Crippen LogP contribution < -0.4 is 0 Å². The Morgan fingerprint density at radius 1 is 0.145 bits per heavy atom. The molecule has 0 saturated carbocycles. The third-order valence-electron chi connectivity index (χ3n) is 27.1. The number of fused-ring (bicyclic) bond motifs is 18. The summed E-state index contributed by atoms with van der Waals surface area (Å²) in [6.45, 7) is 0. The van der Waals surface area contributed by atoms with Crippen LogP contribution >= 0.6 is 0 Å². The Labute approximate surface area is 758 Å². The van der Waals surface area contributed by atoms with E-state index in [4.69, 9.17) is 15.3 Å². The third kappa shape index (κ3) is 13.8. The maximum absolute atomic E-state index is 10.3. The van der Waals surface area contributed by atoms with Crippen molar-refractivity contribution in [1.82, 2.24) is 0 Å². The molecule has 4 aliphatic rings. The molecule has 7 heteroatoms. The molecule has 0 spiro atoms. The molecule has 0 atom stereocenters. The fourth-order valence-corrected chi connectivity index (χ4v) is 21.2. The van der Waals surface area contributed by atoms with Gasteiger partial charge in [-0.1, -0.05) is 370 Å². The fraction of sp³-hybridized carbons (Fsp3) is 0.0323. The lowest BCUT2D eigenvalue weighted by Gasteiger charge is -2.34. The van der Waals surface area contributed by atoms with Gasteiger partial charge in [-0.15, -0.1) is 0 Å². The highest BCUT2D eigenvalue weighted by atomic mass is 16.3. The van der Waals surface area contributed by atoms with E-state index < -0.39 is 16.2 Å². The van der Waals surface area contributed by atoms with Crippen LogP contribution in [-0.2, 0) is 22.7 Å². The quantitative estimate of drug-likeness (QED) is 0.0788. The first-order valence-corrected chi connectivity index (χ1v) is 44.2. The Kier molecular flexibility index (Phi) is 20.0. The molecule has 7 N–H and O–H groups in total. The summed E-state index contributed by atoms with van der Waals surface area (Å²) in [7, 11) is 0. The van der Waals surface area contributed by atoms with Gasteiger partial charge in [0.1, 0.15) is 28.7 Å². The molecule has 22 aromatic carbocycles. The van der Waals surface area contributed by atoms with Gasteiger partial charge in [-0.05, 0) is 302 Å². The van der Waals surface area contributed by atoms with Gasteiger partial charge in [-0.25, -0.2) is 0 Å². The predicted octanol–water partition coefficient (Wildman–Crippen LogP) is 29.6. The van der Waals surface area contributed by atoms with Crippen molar-refractivity contribution < 1.29 is 35.7 Å². The number of phenolic OH excluding ortho intramolecular Hbond substituents is 7. The van der Waals surface area contributed by atoms with Gasteiger partial charge in [0.15, 0.2) is 11.5 Å². The lowest BCUT2D eigenvalue weighted by atomic mass is 9.67. The fourth-order valence-electron chi connectivity index (χ4n) is 21.2. The van der Waals surface area contributed by atoms with E-state index in [9.17, 15) is 20.4 Å². The maximum Gasteiger partial charge on any atom is 0.158 e. The molecule has 0 aliphatic heterocycles. The Balaban J connectivity index is 0.000000117. The Bertz CT molecular complexity index is 7720. The number of hydrogen-bond acceptors (Lipinski definition) is 7. The van der Waals surface area contributed by atoms with Gasteiger partial charge in [0.2, 0.25) is 0 Å². The Morgan fingerprint density at radius 3 is 0.618 bits per heavy atom. The molecule has 0 bridgehead atoms. The molecular weight excluding hydrogens is 1600 g/mol. The number of benzene rings is 22. The summed E-state index contributed by atoms with van der Waals surface area (Å²) in [6.07, 6.45) is 1.10. The molecule has 7 nitrogen and oxygen atoms in total. The second-order valence-electron chi connectivity index (χ2n) is 34.4. The summed E-state index contributed by atoms with van der Waals surface area (Å²) in [4.78, 5) is 0. The summed E-state index contributed by atoms with van der Waals surface area (Å²) in [5.74, 6) is 1.26. The van der Waals surface area contributed by atoms with E-state index in [1.807, 2.05) is 103 Å². The summed E-state index contributed by atoms with van der Waals surface area (Å²) < 4.78 is 0. The topological polar surface area (TPSA) is 142 Å². The van der Waals surface area contributed by atoms with Crippen LogP contribution in [0.2, 0.25) is 0 Å². The highest BCUT2D eigenvalue weighted by Gasteiger charge is 2.49. The zero-order valence-electron chi connectivity index (χ0n) is 71.3. The standard InChI is InChI=1S/C58H38O2.C33H22O2.C13H10.C10H8O2.C10H8O/c59-47-31-23-39-33-45(29-21-41(39)35-47)57(53-13-5-1-9-49(53)50-10-2-6-14-54(50)57)43-25-17-37(18-26-43)38-19-27-44(28-20-38)58(46-30-22-42-36-48(60)32-24-40(42)34-46)55-15-7-3-11-51(55)52-12-4-8-16-56(52)58;34-27-15-11-21-17-25(13-9-23(21)19-27)33(26-14-10-24-20-28(35)16-12-22(24)18-26)31-7-3-1-5-29(31)30-6-2-4-8-32(30)33;1-3-7-12-10(5-1)9-11-6-2-4-8-13(11)12;11-9-5-7-3-1-2-4-8(7)6-10(9)12;11-10-6-5-8-3-1-2-4-9(8)7-10/h1-36,59-60H;1-20,34-35H;1-8H,9H2;1-6,11-12H;1-7,11H. The van der Waals surface area contributed by atoms with Crippen LogP contribution in [0.3, 0.4) is 0 Å². The lowest BCUT2D eigenvalue weighted by molar-refractivity contribution is 0.405. The molecule has 0 heterocycles. The molecule has 0 unspecified atom stereocenters. The summed E-state index contributed by atoms with van der Waals surface area (Å²) in [5, 5.41) is 80.5. The van der Waals surface area contributed by atoms with E-state index in [-0.39, 0.29) is 34.5 Å². The number of phenols is 7. The maximum atomic E-state index is 10.3. The van der Waals surface area contributed by atoms with Gasteiger partial charge in [-0.3, -0.25) is 0 Å². The molecule has 26 rings (SSSR count). The second kappa shape index (κ2) is 32.8. The Morgan fingerprint density at radius 2 is 0.336 bits per heavy atom. The largest absolute Gasteiger partial charge is 0.508 e. The number of hydrogen-bond donors (Lipinski definition) is 7. The molecule has 0 amide bonds. The molecule has 22 aromatic rings. The Hall–Kier alpha value is -17.0. The molecular formula is C124H86O7. The van der Waals surface area contributed by atoms with Gasteiger partial charge in [0.05, 0.1) is 16.2 Å². The first-order valence-electron chi connectivity index (χ1n) is 44.2. The minimum absolute atomic E-state index is 0.0753. The van der Waals surface area contributed by atoms with Crippen molar-refractivity contribution in [3.63, 3.8) is 0 Å². The van der Waals surface area contributed by atoms with E-state index in [1.165, 1.54) is 122 Å². The van der Waals surface area contributed by atoms with Gasteiger partial charge in [-0.2, -0.15) is 0 Å². The molecule has 0 radical (unpaired) electrons. The zero-order chi connectivity index (χ0) is 88.5. The van der Waals surface area contributed by atoms with Crippen molar-refractivity contribution in [3.8, 4) is 95.9 Å². The van der Waals surface area contributed by atoms with Crippen molar-refractivity contribution in [2.45, 2.75) is 22.7 Å². The van der Waals surface area contributed by atoms with E-state index in [2.05, 4.69) is 315 Å². The van der Waals surface area contributed by atoms with Crippen LogP contribution in [0.4, 0.5) is 0 Å². The number of aromatic hydroxyl groups is 7. The van der Waals surface area contributed by atoms with Gasteiger partial charge in [0, 0.05) is 0 Å². The molecule has 0 fully saturated rings. The van der Waals surface area contributed by atoms with Crippen LogP contribution in [0.25, 0.3) is 120 Å². The smallest absolute Gasteiger partial charge is 0.158 e. The van der Waals surface area contributed by atoms with Gasteiger partial charge in [0.25, 0.3) is 0 Å². The summed E-state index contributed by atoms with van der Waals surface area (Å²) in [6, 6.07) is 161. The van der Waals surface area contributed by atoms with E-state index >= 15 is 0 Å². The number of rotatable bonds is 7. The van der Waals surface area contributed by atoms with Crippen molar-refractivity contribution in [1.29, 1.82) is 0 Å². The third-order valence-corrected chi connectivity index (χ3v) is 27.1. The van der Waals surface area contributed by atoms with Crippen molar-refractivity contribution in [2.75, 3.05) is 0 Å². The minimum atomic E-state index is -0.532. The minimum Gasteiger partial charge on any atom is -0.508 e. The van der Waals surface area contributed by atoms with Gasteiger partial charge >= 0.3 is 0 Å². The first kappa shape index (κ1) is 79.9. The van der Waals surface area contributed by atoms with Gasteiger partial charge < -0.3 is 35.7 Å². The van der Waals surface area contributed by atoms with Crippen LogP contribution in [0.15, 0.2) is 467 Å². The van der Waals surface area contributed by atoms with E-state index in [0.717, 1.165) is 82.2 Å². The monoisotopic (exact) mass is 1690 g/mol. The van der Waals surface area contributed by atoms with E-state index in [1.54, 1.807) is 48.5 Å². The molecule has 131 heavy (non-hydrogen) atoms. The summed E-state index contributed by atoms with van der Waals surface area (Å²) >= 11 is 0. The first-order chi connectivity index (χ1) is 64.2. The van der Waals surface area contributed by atoms with E-state index in [0.29, 0.717) is 5.75 Å². The van der Waals surface area contributed by atoms with Crippen molar-refractivity contribution in [2.24, 2.45) is 0 Å². The van der Waals surface area contributed by atoms with Crippen LogP contribution in [-0.4, -0.2) is 35.7 Å². The van der Waals surface area contributed by atoms with Crippen LogP contribution in [0, 0.1) is 0 Å². The SMILES string of the molecule is Oc1cc2ccccc2cc1O.Oc1ccc2cc(C3(c4ccc(-c5ccc(C6(c7ccc8cc(O)ccc8c7)c7ccccc7-c7ccccc76)cc5)cc4)c4ccccc4-c4ccccc43)ccc2c1.Oc1ccc2cc(C3(c4ccc5cc(O)ccc5c4)c4ccccc4-c4ccccc43)ccc2c1.Oc1ccc2ccccc2c1.c1ccc2c(c1)Cc1ccccc1-2. The molecule has 624 valence electrons. The summed E-state index contributed by atoms with van der Waals surface area (Å²) in [5.41, 5.74) is 28.8. The van der Waals surface area contributed by atoms with Crippen LogP contribution in [0.1, 0.15) is 77.9 Å². The zero-order valence-corrected chi connectivity index (χ0v) is 71.3. The van der Waals surface area contributed by atoms with Crippen molar-refractivity contribution in [3.05, 3.63) is 545 Å². The normalized spacial score (nSPS) is 13.1. The lowest BCUT2D eigenvalue weighted by Crippen LogP contribution is -2.28. The molecule has 0 aromatic heterocycles. The molecule has 0 saturated heterocycles. The second-order valence-corrected chi connectivity index (χ2v) is 34.4. The predicted molar refractivity (Wildman–Crippen MR) is 534 cm³/mol. The van der Waals surface area contributed by atoms with Crippen LogP contribution in [0.5, 0.6) is 40.2 Å². The molecule has 4 aliphatic carbocycles. The average Bonchev–Trinajstić information content (AvgIpc) is 1.51. The van der Waals surface area contributed by atoms with Crippen molar-refractivity contribution >= 4 is 64.6 Å². The highest BCUT2D eigenvalue weighted by molar-refractivity contribution is 5.97.